The molecule has 0 radical (unpaired) electrons. The van der Waals surface area contributed by atoms with Gasteiger partial charge >= 0.3 is 0 Å². The van der Waals surface area contributed by atoms with E-state index in [4.69, 9.17) is 14.6 Å². The van der Waals surface area contributed by atoms with Crippen molar-refractivity contribution in [2.75, 3.05) is 20.8 Å². The molecule has 0 amide bonds. The number of rotatable bonds is 6. The third-order valence-corrected chi connectivity index (χ3v) is 2.79. The molecule has 0 aromatic heterocycles. The second-order valence-corrected chi connectivity index (χ2v) is 4.72. The summed E-state index contributed by atoms with van der Waals surface area (Å²) in [7, 11) is -0.570. The largest absolute Gasteiger partial charge is 0.493 e. The molecule has 0 bridgehead atoms. The topological polar surface area (TPSA) is 90.6 Å². The van der Waals surface area contributed by atoms with E-state index in [2.05, 4.69) is 4.72 Å². The van der Waals surface area contributed by atoms with E-state index in [0.717, 1.165) is 5.56 Å². The molecule has 0 spiro atoms. The Morgan fingerprint density at radius 3 is 2.53 bits per heavy atom. The Hall–Kier alpha value is -1.31. The van der Waals surface area contributed by atoms with Crippen molar-refractivity contribution < 1.29 is 17.9 Å². The van der Waals surface area contributed by atoms with Crippen LogP contribution in [-0.2, 0) is 16.6 Å². The Morgan fingerprint density at radius 2 is 2.00 bits per heavy atom. The minimum Gasteiger partial charge on any atom is -0.493 e. The Bertz CT molecular complexity index is 473. The van der Waals surface area contributed by atoms with Crippen LogP contribution in [0.4, 0.5) is 0 Å². The number of benzene rings is 1. The van der Waals surface area contributed by atoms with E-state index in [-0.39, 0.29) is 6.54 Å². The van der Waals surface area contributed by atoms with Gasteiger partial charge in [0.05, 0.1) is 14.2 Å². The van der Waals surface area contributed by atoms with Crippen molar-refractivity contribution >= 4 is 10.2 Å². The highest BCUT2D eigenvalue weighted by atomic mass is 32.2. The van der Waals surface area contributed by atoms with Gasteiger partial charge in [-0.05, 0) is 18.1 Å². The van der Waals surface area contributed by atoms with Crippen LogP contribution in [-0.4, -0.2) is 29.2 Å². The van der Waals surface area contributed by atoms with Gasteiger partial charge in [0, 0.05) is 6.54 Å². The van der Waals surface area contributed by atoms with Gasteiger partial charge in [-0.15, -0.1) is 0 Å². The minimum absolute atomic E-state index is 0.211. The molecular formula is C10H16N2O4S. The number of methoxy groups -OCH3 is 2. The van der Waals surface area contributed by atoms with E-state index in [1.54, 1.807) is 13.2 Å². The van der Waals surface area contributed by atoms with Crippen LogP contribution in [0.5, 0.6) is 11.5 Å². The fraction of sp³-hybridized carbons (Fsp3) is 0.400. The predicted molar refractivity (Wildman–Crippen MR) is 64.4 cm³/mol. The van der Waals surface area contributed by atoms with Crippen LogP contribution in [0.15, 0.2) is 18.2 Å². The zero-order valence-corrected chi connectivity index (χ0v) is 10.6. The SMILES string of the molecule is COc1cccc(CCNS(N)(=O)=O)c1OC. The number of hydrogen-bond acceptors (Lipinski definition) is 4. The second kappa shape index (κ2) is 5.85. The molecule has 0 unspecified atom stereocenters. The van der Waals surface area contributed by atoms with Crippen molar-refractivity contribution in [1.82, 2.24) is 4.72 Å². The molecule has 0 atom stereocenters. The van der Waals surface area contributed by atoms with E-state index in [1.165, 1.54) is 7.11 Å². The van der Waals surface area contributed by atoms with Gasteiger partial charge in [-0.25, -0.2) is 9.86 Å². The van der Waals surface area contributed by atoms with Crippen LogP contribution in [0.2, 0.25) is 0 Å². The molecule has 0 aliphatic carbocycles. The summed E-state index contributed by atoms with van der Waals surface area (Å²) in [6.07, 6.45) is 0.469. The normalized spacial score (nSPS) is 11.2. The lowest BCUT2D eigenvalue weighted by atomic mass is 10.1. The molecule has 1 aromatic carbocycles. The fourth-order valence-electron chi connectivity index (χ4n) is 1.48. The summed E-state index contributed by atoms with van der Waals surface area (Å²) in [5.74, 6) is 1.21. The van der Waals surface area contributed by atoms with Crippen LogP contribution in [0.1, 0.15) is 5.56 Å². The molecule has 6 nitrogen and oxygen atoms in total. The van der Waals surface area contributed by atoms with E-state index in [0.29, 0.717) is 17.9 Å². The maximum atomic E-state index is 10.7. The summed E-state index contributed by atoms with van der Waals surface area (Å²) in [4.78, 5) is 0. The molecule has 0 aliphatic rings. The van der Waals surface area contributed by atoms with E-state index in [9.17, 15) is 8.42 Å². The quantitative estimate of drug-likeness (QED) is 0.755. The zero-order chi connectivity index (χ0) is 12.9. The lowest BCUT2D eigenvalue weighted by Gasteiger charge is -2.12. The third-order valence-electron chi connectivity index (χ3n) is 2.18. The lowest BCUT2D eigenvalue weighted by molar-refractivity contribution is 0.351. The van der Waals surface area contributed by atoms with Crippen molar-refractivity contribution in [3.63, 3.8) is 0 Å². The Balaban J connectivity index is 2.77. The van der Waals surface area contributed by atoms with Crippen LogP contribution >= 0.6 is 0 Å². The average Bonchev–Trinajstić information content (AvgIpc) is 2.27. The Morgan fingerprint density at radius 1 is 1.29 bits per heavy atom. The first-order valence-corrected chi connectivity index (χ1v) is 6.50. The van der Waals surface area contributed by atoms with Crippen molar-refractivity contribution in [2.24, 2.45) is 5.14 Å². The van der Waals surface area contributed by atoms with Crippen molar-refractivity contribution in [1.29, 1.82) is 0 Å². The molecule has 0 aliphatic heterocycles. The van der Waals surface area contributed by atoms with Gasteiger partial charge in [0.15, 0.2) is 11.5 Å². The predicted octanol–water partition coefficient (Wildman–Crippen LogP) is 0.0394. The van der Waals surface area contributed by atoms with Gasteiger partial charge in [-0.3, -0.25) is 0 Å². The van der Waals surface area contributed by atoms with Gasteiger partial charge < -0.3 is 9.47 Å². The Kier molecular flexibility index (Phi) is 4.73. The first-order valence-electron chi connectivity index (χ1n) is 4.95. The monoisotopic (exact) mass is 260 g/mol. The summed E-state index contributed by atoms with van der Waals surface area (Å²) < 4.78 is 34.0. The highest BCUT2D eigenvalue weighted by Gasteiger charge is 2.09. The molecule has 1 rings (SSSR count). The highest BCUT2D eigenvalue weighted by molar-refractivity contribution is 7.87. The molecule has 0 saturated heterocycles. The van der Waals surface area contributed by atoms with E-state index in [1.807, 2.05) is 12.1 Å². The number of ether oxygens (including phenoxy) is 2. The smallest absolute Gasteiger partial charge is 0.274 e. The van der Waals surface area contributed by atoms with Gasteiger partial charge in [0.25, 0.3) is 10.2 Å². The molecule has 96 valence electrons. The molecule has 0 saturated carbocycles. The van der Waals surface area contributed by atoms with E-state index < -0.39 is 10.2 Å². The standard InChI is InChI=1S/C10H16N2O4S/c1-15-9-5-3-4-8(10(9)16-2)6-7-12-17(11,13)14/h3-5,12H,6-7H2,1-2H3,(H2,11,13,14). The summed E-state index contributed by atoms with van der Waals surface area (Å²) in [5.41, 5.74) is 0.850. The molecule has 17 heavy (non-hydrogen) atoms. The highest BCUT2D eigenvalue weighted by Crippen LogP contribution is 2.30. The number of hydrogen-bond donors (Lipinski definition) is 2. The van der Waals surface area contributed by atoms with Gasteiger partial charge in [-0.2, -0.15) is 8.42 Å². The van der Waals surface area contributed by atoms with Crippen LogP contribution in [0.3, 0.4) is 0 Å². The second-order valence-electron chi connectivity index (χ2n) is 3.34. The Labute approximate surface area is 101 Å². The van der Waals surface area contributed by atoms with Gasteiger partial charge in [-0.1, -0.05) is 12.1 Å². The van der Waals surface area contributed by atoms with Gasteiger partial charge in [0.2, 0.25) is 0 Å². The molecule has 7 heteroatoms. The zero-order valence-electron chi connectivity index (χ0n) is 9.76. The van der Waals surface area contributed by atoms with Crippen molar-refractivity contribution in [3.8, 4) is 11.5 Å². The van der Waals surface area contributed by atoms with Crippen LogP contribution in [0, 0.1) is 0 Å². The fourth-order valence-corrected chi connectivity index (χ4v) is 1.87. The first kappa shape index (κ1) is 13.8. The van der Waals surface area contributed by atoms with Gasteiger partial charge in [0.1, 0.15) is 0 Å². The third kappa shape index (κ3) is 4.22. The summed E-state index contributed by atoms with van der Waals surface area (Å²) >= 11 is 0. The molecule has 0 fully saturated rings. The molecule has 0 heterocycles. The van der Waals surface area contributed by atoms with Crippen molar-refractivity contribution in [2.45, 2.75) is 6.42 Å². The first-order chi connectivity index (χ1) is 7.98. The summed E-state index contributed by atoms with van der Waals surface area (Å²) in [6.45, 7) is 0.211. The molecule has 3 N–H and O–H groups in total. The maximum Gasteiger partial charge on any atom is 0.274 e. The summed E-state index contributed by atoms with van der Waals surface area (Å²) in [5, 5.41) is 4.83. The average molecular weight is 260 g/mol. The van der Waals surface area contributed by atoms with E-state index >= 15 is 0 Å². The maximum absolute atomic E-state index is 10.7. The van der Waals surface area contributed by atoms with Crippen molar-refractivity contribution in [3.05, 3.63) is 23.8 Å². The number of nitrogens with two attached hydrogens (primary N) is 1. The minimum atomic E-state index is -3.65. The summed E-state index contributed by atoms with van der Waals surface area (Å²) in [6, 6.07) is 5.43. The lowest BCUT2D eigenvalue weighted by Crippen LogP contribution is -2.32. The number of para-hydroxylation sites is 1. The van der Waals surface area contributed by atoms with Crippen LogP contribution in [0.25, 0.3) is 0 Å². The van der Waals surface area contributed by atoms with Crippen LogP contribution < -0.4 is 19.3 Å². The number of nitrogens with one attached hydrogen (secondary N) is 1. The molecular weight excluding hydrogens is 244 g/mol. The molecule has 1 aromatic rings.